The molecule has 0 aromatic rings. The van der Waals surface area contributed by atoms with Gasteiger partial charge in [0, 0.05) is 12.1 Å². The fraction of sp³-hybridized carbons (Fsp3) is 1.00. The van der Waals surface area contributed by atoms with Crippen LogP contribution in [0.5, 0.6) is 0 Å². The molecule has 0 unspecified atom stereocenters. The molecule has 0 aromatic carbocycles. The summed E-state index contributed by atoms with van der Waals surface area (Å²) in [6, 6.07) is 1.78. The Kier molecular flexibility index (Phi) is 0.571. The van der Waals surface area contributed by atoms with Crippen molar-refractivity contribution < 1.29 is 0 Å². The zero-order valence-electron chi connectivity index (χ0n) is 4.65. The average molecular weight is 97.2 g/mol. The van der Waals surface area contributed by atoms with Gasteiger partial charge in [-0.15, -0.1) is 0 Å². The van der Waals surface area contributed by atoms with E-state index in [0.717, 1.165) is 18.0 Å². The lowest BCUT2D eigenvalue weighted by atomic mass is 10.2. The molecule has 2 rings (SSSR count). The highest BCUT2D eigenvalue weighted by Crippen LogP contribution is 2.39. The monoisotopic (exact) mass is 97.1 g/mol. The Morgan fingerprint density at radius 2 is 2.00 bits per heavy atom. The summed E-state index contributed by atoms with van der Waals surface area (Å²) < 4.78 is 0. The molecule has 0 spiro atoms. The maximum atomic E-state index is 3.39. The molecular weight excluding hydrogens is 86.1 g/mol. The first-order valence-electron chi connectivity index (χ1n) is 3.14. The molecule has 1 saturated carbocycles. The molecule has 0 amide bonds. The third-order valence-electron chi connectivity index (χ3n) is 2.01. The van der Waals surface area contributed by atoms with Crippen LogP contribution in [0.25, 0.3) is 0 Å². The zero-order valence-corrected chi connectivity index (χ0v) is 4.65. The predicted molar refractivity (Wildman–Crippen MR) is 29.1 cm³/mol. The topological polar surface area (TPSA) is 21.9 Å². The van der Waals surface area contributed by atoms with Crippen LogP contribution in [0, 0.1) is 5.92 Å². The van der Waals surface area contributed by atoms with Gasteiger partial charge in [-0.05, 0) is 25.7 Å². The minimum absolute atomic E-state index is 0.854. The SMILES string of the molecule is C[C@@H]1N[C@@H]1C1CC1. The first-order valence-corrected chi connectivity index (χ1v) is 3.14. The van der Waals surface area contributed by atoms with Gasteiger partial charge < -0.3 is 5.32 Å². The third-order valence-corrected chi connectivity index (χ3v) is 2.01. The molecule has 1 aliphatic carbocycles. The molecule has 7 heavy (non-hydrogen) atoms. The maximum absolute atomic E-state index is 3.39. The van der Waals surface area contributed by atoms with Crippen LogP contribution in [0.4, 0.5) is 0 Å². The summed E-state index contributed by atoms with van der Waals surface area (Å²) in [7, 11) is 0. The van der Waals surface area contributed by atoms with E-state index in [1.165, 1.54) is 12.8 Å². The van der Waals surface area contributed by atoms with Crippen LogP contribution in [0.3, 0.4) is 0 Å². The van der Waals surface area contributed by atoms with E-state index >= 15 is 0 Å². The van der Waals surface area contributed by atoms with Gasteiger partial charge in [0.25, 0.3) is 0 Å². The molecule has 1 saturated heterocycles. The standard InChI is InChI=1S/C6H11N/c1-4-6(7-4)5-2-3-5/h4-7H,2-3H2,1H3/t4-,6-/m0/s1. The van der Waals surface area contributed by atoms with Crippen molar-refractivity contribution >= 4 is 0 Å². The fourth-order valence-corrected chi connectivity index (χ4v) is 1.25. The Balaban J connectivity index is 1.88. The van der Waals surface area contributed by atoms with Crippen LogP contribution >= 0.6 is 0 Å². The van der Waals surface area contributed by atoms with Gasteiger partial charge in [0.05, 0.1) is 0 Å². The van der Waals surface area contributed by atoms with E-state index in [2.05, 4.69) is 12.2 Å². The molecule has 2 aliphatic rings. The summed E-state index contributed by atoms with van der Waals surface area (Å²) in [6.45, 7) is 2.27. The molecule has 1 nitrogen and oxygen atoms in total. The van der Waals surface area contributed by atoms with Crippen molar-refractivity contribution in [1.82, 2.24) is 5.32 Å². The van der Waals surface area contributed by atoms with E-state index in [1.807, 2.05) is 0 Å². The van der Waals surface area contributed by atoms with Gasteiger partial charge in [0.1, 0.15) is 0 Å². The minimum atomic E-state index is 0.854. The van der Waals surface area contributed by atoms with Gasteiger partial charge >= 0.3 is 0 Å². The van der Waals surface area contributed by atoms with E-state index < -0.39 is 0 Å². The second-order valence-electron chi connectivity index (χ2n) is 2.82. The summed E-state index contributed by atoms with van der Waals surface area (Å²) in [5.74, 6) is 1.08. The first kappa shape index (κ1) is 3.90. The number of hydrogen-bond acceptors (Lipinski definition) is 1. The molecular formula is C6H11N. The normalized spacial score (nSPS) is 49.3. The van der Waals surface area contributed by atoms with Crippen molar-refractivity contribution in [2.75, 3.05) is 0 Å². The average Bonchev–Trinajstić information content (AvgIpc) is 2.23. The van der Waals surface area contributed by atoms with Gasteiger partial charge in [-0.1, -0.05) is 0 Å². The molecule has 1 N–H and O–H groups in total. The van der Waals surface area contributed by atoms with Gasteiger partial charge in [-0.25, -0.2) is 0 Å². The number of nitrogens with one attached hydrogen (secondary N) is 1. The Bertz CT molecular complexity index is 86.2. The van der Waals surface area contributed by atoms with Crippen molar-refractivity contribution in [2.24, 2.45) is 5.92 Å². The lowest BCUT2D eigenvalue weighted by molar-refractivity contribution is 0.788. The Labute approximate surface area is 44.1 Å². The highest BCUT2D eigenvalue weighted by atomic mass is 15.2. The van der Waals surface area contributed by atoms with E-state index in [9.17, 15) is 0 Å². The zero-order chi connectivity index (χ0) is 4.85. The van der Waals surface area contributed by atoms with E-state index in [0.29, 0.717) is 0 Å². The Morgan fingerprint density at radius 1 is 1.43 bits per heavy atom. The van der Waals surface area contributed by atoms with Crippen molar-refractivity contribution in [1.29, 1.82) is 0 Å². The maximum Gasteiger partial charge on any atom is 0.0249 e. The second-order valence-corrected chi connectivity index (χ2v) is 2.82. The lowest BCUT2D eigenvalue weighted by Crippen LogP contribution is -1.91. The lowest BCUT2D eigenvalue weighted by Gasteiger charge is -1.79. The summed E-state index contributed by atoms with van der Waals surface area (Å²) in [6.07, 6.45) is 2.98. The van der Waals surface area contributed by atoms with Gasteiger partial charge in [-0.3, -0.25) is 0 Å². The van der Waals surface area contributed by atoms with Crippen molar-refractivity contribution in [3.8, 4) is 0 Å². The van der Waals surface area contributed by atoms with Crippen LogP contribution < -0.4 is 5.32 Å². The first-order chi connectivity index (χ1) is 3.38. The second kappa shape index (κ2) is 1.03. The van der Waals surface area contributed by atoms with Crippen molar-refractivity contribution in [3.63, 3.8) is 0 Å². The van der Waals surface area contributed by atoms with Crippen LogP contribution in [0.2, 0.25) is 0 Å². The number of hydrogen-bond donors (Lipinski definition) is 1. The van der Waals surface area contributed by atoms with Gasteiger partial charge in [0.15, 0.2) is 0 Å². The molecule has 0 aromatic heterocycles. The van der Waals surface area contributed by atoms with Crippen LogP contribution in [-0.2, 0) is 0 Å². The van der Waals surface area contributed by atoms with Crippen LogP contribution in [0.1, 0.15) is 19.8 Å². The summed E-state index contributed by atoms with van der Waals surface area (Å²) in [5, 5.41) is 3.39. The minimum Gasteiger partial charge on any atom is -0.308 e. The molecule has 1 heterocycles. The highest BCUT2D eigenvalue weighted by molar-refractivity contribution is 5.03. The third kappa shape index (κ3) is 0.556. The molecule has 40 valence electrons. The predicted octanol–water partition coefficient (Wildman–Crippen LogP) is 0.757. The molecule has 2 atom stereocenters. The van der Waals surface area contributed by atoms with Crippen molar-refractivity contribution in [2.45, 2.75) is 31.8 Å². The summed E-state index contributed by atoms with van der Waals surface area (Å²) in [4.78, 5) is 0. The van der Waals surface area contributed by atoms with Gasteiger partial charge in [-0.2, -0.15) is 0 Å². The van der Waals surface area contributed by atoms with E-state index in [-0.39, 0.29) is 0 Å². The Hall–Kier alpha value is -0.0400. The fourth-order valence-electron chi connectivity index (χ4n) is 1.25. The smallest absolute Gasteiger partial charge is 0.0249 e. The molecule has 0 bridgehead atoms. The van der Waals surface area contributed by atoms with Gasteiger partial charge in [0.2, 0.25) is 0 Å². The van der Waals surface area contributed by atoms with Crippen LogP contribution in [0.15, 0.2) is 0 Å². The molecule has 2 fully saturated rings. The summed E-state index contributed by atoms with van der Waals surface area (Å²) >= 11 is 0. The molecule has 1 aliphatic heterocycles. The Morgan fingerprint density at radius 3 is 2.14 bits per heavy atom. The van der Waals surface area contributed by atoms with E-state index in [4.69, 9.17) is 0 Å². The van der Waals surface area contributed by atoms with Crippen LogP contribution in [-0.4, -0.2) is 12.1 Å². The molecule has 1 heteroatoms. The van der Waals surface area contributed by atoms with E-state index in [1.54, 1.807) is 0 Å². The largest absolute Gasteiger partial charge is 0.308 e. The summed E-state index contributed by atoms with van der Waals surface area (Å²) in [5.41, 5.74) is 0. The number of rotatable bonds is 1. The van der Waals surface area contributed by atoms with Crippen molar-refractivity contribution in [3.05, 3.63) is 0 Å². The quantitative estimate of drug-likeness (QED) is 0.479. The highest BCUT2D eigenvalue weighted by Gasteiger charge is 2.43. The molecule has 0 radical (unpaired) electrons.